The minimum atomic E-state index is -0.355. The summed E-state index contributed by atoms with van der Waals surface area (Å²) < 4.78 is 12.6. The Hall–Kier alpha value is -0.840. The number of ether oxygens (including phenoxy) is 2. The predicted molar refractivity (Wildman–Crippen MR) is 66.5 cm³/mol. The summed E-state index contributed by atoms with van der Waals surface area (Å²) in [5.74, 6) is -0.0244. The number of halogens is 1. The molecule has 1 aromatic heterocycles. The van der Waals surface area contributed by atoms with Crippen molar-refractivity contribution in [3.63, 3.8) is 0 Å². The lowest BCUT2D eigenvalue weighted by Crippen LogP contribution is -2.24. The Bertz CT molecular complexity index is 370. The summed E-state index contributed by atoms with van der Waals surface area (Å²) in [6, 6.07) is 1.65. The molecule has 0 unspecified atom stereocenters. The fraction of sp³-hybridized carbons (Fsp3) is 0.583. The largest absolute Gasteiger partial charge is 0.351 e. The van der Waals surface area contributed by atoms with Crippen LogP contribution in [0, 0.1) is 0 Å². The normalized spacial score (nSPS) is 11.1. The monoisotopic (exact) mass is 259 g/mol. The topological polar surface area (TPSA) is 40.5 Å². The highest BCUT2D eigenvalue weighted by molar-refractivity contribution is 6.31. The Morgan fingerprint density at radius 1 is 1.41 bits per heavy atom. The number of hydrogen-bond donors (Lipinski definition) is 0. The summed E-state index contributed by atoms with van der Waals surface area (Å²) in [5.41, 5.74) is 0.569. The van der Waals surface area contributed by atoms with Crippen LogP contribution < -0.4 is 0 Å². The van der Waals surface area contributed by atoms with Crippen LogP contribution in [-0.2, 0) is 16.0 Å². The summed E-state index contributed by atoms with van der Waals surface area (Å²) in [7, 11) is 0. The molecular formula is C12H18ClNO3. The molecule has 0 saturated heterocycles. The second-order valence-corrected chi connectivity index (χ2v) is 4.03. The predicted octanol–water partition coefficient (Wildman–Crippen LogP) is 2.74. The molecule has 0 spiro atoms. The van der Waals surface area contributed by atoms with Gasteiger partial charge in [0.1, 0.15) is 0 Å². The molecule has 0 bridgehead atoms. The van der Waals surface area contributed by atoms with Gasteiger partial charge in [-0.15, -0.1) is 0 Å². The maximum absolute atomic E-state index is 11.4. The van der Waals surface area contributed by atoms with E-state index in [1.54, 1.807) is 16.8 Å². The van der Waals surface area contributed by atoms with Crippen molar-refractivity contribution in [2.75, 3.05) is 13.2 Å². The minimum absolute atomic E-state index is 0.0244. The third-order valence-corrected chi connectivity index (χ3v) is 2.48. The van der Waals surface area contributed by atoms with Crippen LogP contribution >= 0.6 is 11.6 Å². The zero-order chi connectivity index (χ0) is 12.8. The average Bonchev–Trinajstić information content (AvgIpc) is 2.60. The van der Waals surface area contributed by atoms with Crippen molar-refractivity contribution in [1.29, 1.82) is 0 Å². The molecule has 0 aliphatic heterocycles. The number of aromatic nitrogens is 1. The van der Waals surface area contributed by atoms with Gasteiger partial charge in [0, 0.05) is 26.3 Å². The molecule has 17 heavy (non-hydrogen) atoms. The molecule has 0 N–H and O–H groups in total. The van der Waals surface area contributed by atoms with Crippen molar-refractivity contribution in [1.82, 2.24) is 4.57 Å². The van der Waals surface area contributed by atoms with Gasteiger partial charge in [-0.05, 0) is 19.9 Å². The minimum Gasteiger partial charge on any atom is -0.351 e. The summed E-state index contributed by atoms with van der Waals surface area (Å²) in [6.45, 7) is 6.91. The van der Waals surface area contributed by atoms with Crippen molar-refractivity contribution in [2.24, 2.45) is 0 Å². The van der Waals surface area contributed by atoms with E-state index in [1.165, 1.54) is 6.92 Å². The molecule has 0 atom stereocenters. The van der Waals surface area contributed by atoms with Crippen molar-refractivity contribution >= 4 is 17.4 Å². The fourth-order valence-electron chi connectivity index (χ4n) is 1.61. The first-order valence-electron chi connectivity index (χ1n) is 5.68. The quantitative estimate of drug-likeness (QED) is 0.558. The van der Waals surface area contributed by atoms with E-state index >= 15 is 0 Å². The third kappa shape index (κ3) is 4.15. The van der Waals surface area contributed by atoms with E-state index in [9.17, 15) is 4.79 Å². The van der Waals surface area contributed by atoms with Gasteiger partial charge in [0.2, 0.25) is 0 Å². The second kappa shape index (κ2) is 6.79. The first-order chi connectivity index (χ1) is 8.08. The molecule has 0 aliphatic rings. The molecule has 0 fully saturated rings. The van der Waals surface area contributed by atoms with E-state index in [0.29, 0.717) is 30.5 Å². The molecule has 1 heterocycles. The molecule has 1 rings (SSSR count). The van der Waals surface area contributed by atoms with Crippen molar-refractivity contribution in [2.45, 2.75) is 33.6 Å². The standard InChI is InChI=1S/C12H18ClNO3/c1-4-16-12(17-5-2)8-14-7-10(13)6-11(14)9(3)15/h6-7,12H,4-5,8H2,1-3H3. The van der Waals surface area contributed by atoms with Crippen LogP contribution in [-0.4, -0.2) is 29.9 Å². The van der Waals surface area contributed by atoms with E-state index in [2.05, 4.69) is 0 Å². The van der Waals surface area contributed by atoms with E-state index in [4.69, 9.17) is 21.1 Å². The van der Waals surface area contributed by atoms with Gasteiger partial charge in [-0.2, -0.15) is 0 Å². The van der Waals surface area contributed by atoms with Crippen LogP contribution in [0.3, 0.4) is 0 Å². The SMILES string of the molecule is CCOC(Cn1cc(Cl)cc1C(C)=O)OCC. The maximum atomic E-state index is 11.4. The highest BCUT2D eigenvalue weighted by Crippen LogP contribution is 2.16. The van der Waals surface area contributed by atoms with Crippen LogP contribution in [0.25, 0.3) is 0 Å². The first-order valence-corrected chi connectivity index (χ1v) is 6.06. The second-order valence-electron chi connectivity index (χ2n) is 3.59. The van der Waals surface area contributed by atoms with Crippen molar-refractivity contribution in [3.05, 3.63) is 23.0 Å². The van der Waals surface area contributed by atoms with E-state index in [1.807, 2.05) is 13.8 Å². The van der Waals surface area contributed by atoms with Crippen LogP contribution in [0.15, 0.2) is 12.3 Å². The van der Waals surface area contributed by atoms with Gasteiger partial charge in [0.25, 0.3) is 0 Å². The Labute approximate surface area is 106 Å². The first kappa shape index (κ1) is 14.2. The number of hydrogen-bond acceptors (Lipinski definition) is 3. The van der Waals surface area contributed by atoms with Crippen LogP contribution in [0.4, 0.5) is 0 Å². The van der Waals surface area contributed by atoms with E-state index < -0.39 is 0 Å². The van der Waals surface area contributed by atoms with Crippen molar-refractivity contribution in [3.8, 4) is 0 Å². The summed E-state index contributed by atoms with van der Waals surface area (Å²) in [6.07, 6.45) is 1.36. The molecule has 0 radical (unpaired) electrons. The van der Waals surface area contributed by atoms with Gasteiger partial charge in [-0.25, -0.2) is 0 Å². The Kier molecular flexibility index (Phi) is 5.68. The smallest absolute Gasteiger partial charge is 0.176 e. The number of ketones is 1. The molecular weight excluding hydrogens is 242 g/mol. The lowest BCUT2D eigenvalue weighted by molar-refractivity contribution is -0.143. The number of rotatable bonds is 7. The van der Waals surface area contributed by atoms with Gasteiger partial charge in [0.15, 0.2) is 12.1 Å². The molecule has 4 nitrogen and oxygen atoms in total. The third-order valence-electron chi connectivity index (χ3n) is 2.27. The molecule has 96 valence electrons. The zero-order valence-corrected chi connectivity index (χ0v) is 11.2. The van der Waals surface area contributed by atoms with Gasteiger partial charge in [-0.3, -0.25) is 4.79 Å². The number of carbonyl (C=O) groups is 1. The summed E-state index contributed by atoms with van der Waals surface area (Å²) in [4.78, 5) is 11.4. The Balaban J connectivity index is 2.80. The highest BCUT2D eigenvalue weighted by atomic mass is 35.5. The highest BCUT2D eigenvalue weighted by Gasteiger charge is 2.14. The zero-order valence-electron chi connectivity index (χ0n) is 10.4. The van der Waals surface area contributed by atoms with E-state index in [-0.39, 0.29) is 12.1 Å². The number of carbonyl (C=O) groups excluding carboxylic acids is 1. The van der Waals surface area contributed by atoms with Gasteiger partial charge in [-0.1, -0.05) is 11.6 Å². The molecule has 0 aromatic carbocycles. The van der Waals surface area contributed by atoms with Crippen molar-refractivity contribution < 1.29 is 14.3 Å². The van der Waals surface area contributed by atoms with Gasteiger partial charge in [0.05, 0.1) is 17.3 Å². The molecule has 5 heteroatoms. The Morgan fingerprint density at radius 3 is 2.47 bits per heavy atom. The molecule has 0 aliphatic carbocycles. The fourth-order valence-corrected chi connectivity index (χ4v) is 1.83. The Morgan fingerprint density at radius 2 is 2.00 bits per heavy atom. The number of Topliss-reactive ketones (excluding diaryl/α,β-unsaturated/α-hetero) is 1. The summed E-state index contributed by atoms with van der Waals surface area (Å²) in [5, 5.41) is 0.543. The average molecular weight is 260 g/mol. The lowest BCUT2D eigenvalue weighted by atomic mass is 10.3. The molecule has 0 saturated carbocycles. The van der Waals surface area contributed by atoms with Gasteiger partial charge < -0.3 is 14.0 Å². The van der Waals surface area contributed by atoms with Crippen LogP contribution in [0.2, 0.25) is 5.02 Å². The van der Waals surface area contributed by atoms with Gasteiger partial charge >= 0.3 is 0 Å². The van der Waals surface area contributed by atoms with E-state index in [0.717, 1.165) is 0 Å². The molecule has 1 aromatic rings. The maximum Gasteiger partial charge on any atom is 0.176 e. The summed E-state index contributed by atoms with van der Waals surface area (Å²) >= 11 is 5.89. The number of nitrogens with zero attached hydrogens (tertiary/aromatic N) is 1. The van der Waals surface area contributed by atoms with Crippen LogP contribution in [0.5, 0.6) is 0 Å². The van der Waals surface area contributed by atoms with Crippen LogP contribution in [0.1, 0.15) is 31.3 Å². The molecule has 0 amide bonds. The lowest BCUT2D eigenvalue weighted by Gasteiger charge is -2.18.